The molecule has 0 aromatic rings. The molecule has 0 heterocycles. The Morgan fingerprint density at radius 1 is 1.43 bits per heavy atom. The third-order valence-corrected chi connectivity index (χ3v) is 3.99. The molecule has 2 unspecified atom stereocenters. The fourth-order valence-electron chi connectivity index (χ4n) is 2.23. The van der Waals surface area contributed by atoms with Gasteiger partial charge in [-0.15, -0.1) is 0 Å². The van der Waals surface area contributed by atoms with Gasteiger partial charge in [0.25, 0.3) is 0 Å². The molecule has 14 heavy (non-hydrogen) atoms. The fourth-order valence-corrected chi connectivity index (χ4v) is 2.23. The molecule has 0 aromatic carbocycles. The Hall–Kier alpha value is -0.0800. The lowest BCUT2D eigenvalue weighted by Gasteiger charge is -2.11. The van der Waals surface area contributed by atoms with E-state index in [-0.39, 0.29) is 0 Å². The largest absolute Gasteiger partial charge is 0.327 e. The van der Waals surface area contributed by atoms with Gasteiger partial charge >= 0.3 is 0 Å². The van der Waals surface area contributed by atoms with E-state index in [1.54, 1.807) is 0 Å². The van der Waals surface area contributed by atoms with E-state index in [9.17, 15) is 0 Å². The zero-order valence-electron chi connectivity index (χ0n) is 9.55. The minimum absolute atomic E-state index is 0.467. The molecule has 2 saturated carbocycles. The molecule has 0 spiro atoms. The topological polar surface area (TPSA) is 38.0 Å². The van der Waals surface area contributed by atoms with Crippen LogP contribution >= 0.6 is 0 Å². The Labute approximate surface area is 87.6 Å². The molecule has 2 rings (SSSR count). The van der Waals surface area contributed by atoms with Crippen LogP contribution in [0.25, 0.3) is 0 Å². The molecule has 2 heteroatoms. The van der Waals surface area contributed by atoms with Crippen molar-refractivity contribution in [3.8, 4) is 0 Å². The average Bonchev–Trinajstić information content (AvgIpc) is 2.96. The van der Waals surface area contributed by atoms with E-state index >= 15 is 0 Å². The minimum atomic E-state index is 0.467. The molecular weight excluding hydrogens is 172 g/mol. The smallest absolute Gasteiger partial charge is 0.00792 e. The van der Waals surface area contributed by atoms with Crippen molar-refractivity contribution < 1.29 is 0 Å². The molecule has 0 saturated heterocycles. The first-order valence-electron chi connectivity index (χ1n) is 6.06. The van der Waals surface area contributed by atoms with Crippen molar-refractivity contribution in [2.75, 3.05) is 13.1 Å². The van der Waals surface area contributed by atoms with Crippen LogP contribution in [0, 0.1) is 17.3 Å². The van der Waals surface area contributed by atoms with Crippen LogP contribution in [0.3, 0.4) is 0 Å². The van der Waals surface area contributed by atoms with Gasteiger partial charge in [-0.25, -0.2) is 0 Å². The first-order valence-corrected chi connectivity index (χ1v) is 6.06. The van der Waals surface area contributed by atoms with Crippen LogP contribution in [0.4, 0.5) is 0 Å². The van der Waals surface area contributed by atoms with Crippen LogP contribution in [0.1, 0.15) is 39.5 Å². The maximum Gasteiger partial charge on any atom is 0.00792 e. The molecule has 2 atom stereocenters. The highest BCUT2D eigenvalue weighted by molar-refractivity contribution is 4.96. The molecule has 82 valence electrons. The highest BCUT2D eigenvalue weighted by Crippen LogP contribution is 2.50. The Morgan fingerprint density at radius 3 is 2.57 bits per heavy atom. The third kappa shape index (κ3) is 2.71. The van der Waals surface area contributed by atoms with Gasteiger partial charge in [-0.05, 0) is 56.0 Å². The fraction of sp³-hybridized carbons (Fsp3) is 1.00. The zero-order chi connectivity index (χ0) is 10.2. The first kappa shape index (κ1) is 10.4. The number of nitrogens with two attached hydrogens (primary N) is 1. The Kier molecular flexibility index (Phi) is 2.85. The molecule has 2 nitrogen and oxygen atoms in total. The maximum atomic E-state index is 6.02. The van der Waals surface area contributed by atoms with E-state index in [1.165, 1.54) is 25.8 Å². The van der Waals surface area contributed by atoms with Crippen molar-refractivity contribution in [2.45, 2.75) is 45.6 Å². The summed E-state index contributed by atoms with van der Waals surface area (Å²) < 4.78 is 0. The third-order valence-electron chi connectivity index (χ3n) is 3.99. The lowest BCUT2D eigenvalue weighted by atomic mass is 10.1. The van der Waals surface area contributed by atoms with E-state index < -0.39 is 0 Å². The second-order valence-electron chi connectivity index (χ2n) is 5.88. The normalized spacial score (nSPS) is 31.5. The average molecular weight is 196 g/mol. The summed E-state index contributed by atoms with van der Waals surface area (Å²) in [6, 6.07) is 0.467. The van der Waals surface area contributed by atoms with Crippen molar-refractivity contribution in [3.63, 3.8) is 0 Å². The lowest BCUT2D eigenvalue weighted by molar-refractivity contribution is 0.483. The Bertz CT molecular complexity index is 192. The van der Waals surface area contributed by atoms with Crippen LogP contribution in [0.5, 0.6) is 0 Å². The molecule has 2 aliphatic carbocycles. The highest BCUT2D eigenvalue weighted by Gasteiger charge is 2.44. The van der Waals surface area contributed by atoms with E-state index in [1.807, 2.05) is 0 Å². The molecule has 3 N–H and O–H groups in total. The van der Waals surface area contributed by atoms with Gasteiger partial charge in [-0.2, -0.15) is 0 Å². The SMILES string of the molecule is CC1(C)CC1CNCCC(N)C1CC1. The van der Waals surface area contributed by atoms with E-state index in [0.29, 0.717) is 11.5 Å². The first-order chi connectivity index (χ1) is 6.59. The monoisotopic (exact) mass is 196 g/mol. The van der Waals surface area contributed by atoms with Gasteiger partial charge < -0.3 is 11.1 Å². The molecule has 0 amide bonds. The van der Waals surface area contributed by atoms with Crippen molar-refractivity contribution in [1.29, 1.82) is 0 Å². The molecular formula is C12H24N2. The number of hydrogen-bond acceptors (Lipinski definition) is 2. The van der Waals surface area contributed by atoms with Gasteiger partial charge in [-0.3, -0.25) is 0 Å². The number of hydrogen-bond donors (Lipinski definition) is 2. The highest BCUT2D eigenvalue weighted by atomic mass is 14.9. The van der Waals surface area contributed by atoms with Crippen LogP contribution in [-0.4, -0.2) is 19.1 Å². The molecule has 0 radical (unpaired) electrons. The van der Waals surface area contributed by atoms with Gasteiger partial charge in [0.15, 0.2) is 0 Å². The van der Waals surface area contributed by atoms with E-state index in [2.05, 4.69) is 19.2 Å². The predicted octanol–water partition coefficient (Wildman–Crippen LogP) is 1.75. The Morgan fingerprint density at radius 2 is 2.07 bits per heavy atom. The summed E-state index contributed by atoms with van der Waals surface area (Å²) in [5.41, 5.74) is 6.64. The van der Waals surface area contributed by atoms with Gasteiger partial charge in [0.2, 0.25) is 0 Å². The van der Waals surface area contributed by atoms with E-state index in [4.69, 9.17) is 5.73 Å². The number of rotatable bonds is 6. The Balaban J connectivity index is 1.47. The summed E-state index contributed by atoms with van der Waals surface area (Å²) in [7, 11) is 0. The van der Waals surface area contributed by atoms with Gasteiger partial charge in [0.05, 0.1) is 0 Å². The summed E-state index contributed by atoms with van der Waals surface area (Å²) in [6.07, 6.45) is 5.31. The van der Waals surface area contributed by atoms with Crippen LogP contribution in [-0.2, 0) is 0 Å². The van der Waals surface area contributed by atoms with Crippen LogP contribution in [0.15, 0.2) is 0 Å². The second kappa shape index (κ2) is 3.82. The summed E-state index contributed by atoms with van der Waals surface area (Å²) in [4.78, 5) is 0. The molecule has 0 bridgehead atoms. The molecule has 2 aliphatic rings. The summed E-state index contributed by atoms with van der Waals surface area (Å²) in [5.74, 6) is 1.77. The molecule has 0 aromatic heterocycles. The second-order valence-corrected chi connectivity index (χ2v) is 5.88. The zero-order valence-corrected chi connectivity index (χ0v) is 9.55. The van der Waals surface area contributed by atoms with Crippen molar-refractivity contribution in [1.82, 2.24) is 5.32 Å². The number of nitrogens with one attached hydrogen (secondary N) is 1. The van der Waals surface area contributed by atoms with Crippen molar-refractivity contribution >= 4 is 0 Å². The molecule has 2 fully saturated rings. The van der Waals surface area contributed by atoms with Crippen molar-refractivity contribution in [3.05, 3.63) is 0 Å². The standard InChI is InChI=1S/C12H24N2/c1-12(2)7-10(12)8-14-6-5-11(13)9-3-4-9/h9-11,14H,3-8,13H2,1-2H3. The van der Waals surface area contributed by atoms with Gasteiger partial charge in [-0.1, -0.05) is 13.8 Å². The quantitative estimate of drug-likeness (QED) is 0.635. The minimum Gasteiger partial charge on any atom is -0.327 e. The van der Waals surface area contributed by atoms with Crippen LogP contribution in [0.2, 0.25) is 0 Å². The van der Waals surface area contributed by atoms with Gasteiger partial charge in [0.1, 0.15) is 0 Å². The summed E-state index contributed by atoms with van der Waals surface area (Å²) in [6.45, 7) is 7.03. The summed E-state index contributed by atoms with van der Waals surface area (Å²) >= 11 is 0. The predicted molar refractivity (Wildman–Crippen MR) is 60.1 cm³/mol. The van der Waals surface area contributed by atoms with Gasteiger partial charge in [0, 0.05) is 6.04 Å². The van der Waals surface area contributed by atoms with Crippen molar-refractivity contribution in [2.24, 2.45) is 23.0 Å². The lowest BCUT2D eigenvalue weighted by Crippen LogP contribution is -2.29. The molecule has 0 aliphatic heterocycles. The maximum absolute atomic E-state index is 6.02. The van der Waals surface area contributed by atoms with Crippen LogP contribution < -0.4 is 11.1 Å². The summed E-state index contributed by atoms with van der Waals surface area (Å²) in [5, 5.41) is 3.54. The van der Waals surface area contributed by atoms with E-state index in [0.717, 1.165) is 24.8 Å².